The highest BCUT2D eigenvalue weighted by Gasteiger charge is 2.00. The highest BCUT2D eigenvalue weighted by Crippen LogP contribution is 2.22. The van der Waals surface area contributed by atoms with E-state index < -0.39 is 0 Å². The van der Waals surface area contributed by atoms with Crippen molar-refractivity contribution in [2.75, 3.05) is 18.4 Å². The van der Waals surface area contributed by atoms with E-state index in [9.17, 15) is 9.18 Å². The highest BCUT2D eigenvalue weighted by atomic mass is 19.1. The van der Waals surface area contributed by atoms with Gasteiger partial charge in [-0.2, -0.15) is 0 Å². The van der Waals surface area contributed by atoms with Crippen LogP contribution in [-0.2, 0) is 4.79 Å². The zero-order chi connectivity index (χ0) is 17.5. The minimum atomic E-state index is -0.318. The summed E-state index contributed by atoms with van der Waals surface area (Å²) in [5.41, 5.74) is 1.70. The van der Waals surface area contributed by atoms with Crippen molar-refractivity contribution in [3.05, 3.63) is 84.2 Å². The van der Waals surface area contributed by atoms with E-state index in [1.807, 2.05) is 24.3 Å². The predicted octanol–water partition coefficient (Wildman–Crippen LogP) is 4.22. The van der Waals surface area contributed by atoms with E-state index in [2.05, 4.69) is 28.8 Å². The maximum Gasteiger partial charge on any atom is 0.244 e. The second-order valence-electron chi connectivity index (χ2n) is 5.63. The van der Waals surface area contributed by atoms with Gasteiger partial charge in [0.15, 0.2) is 0 Å². The number of hydrogen-bond donors (Lipinski definition) is 2. The SMILES string of the molecule is O=C(/C=C/c1cccc(F)c1)NCCNc1cccc2ccccc12. The van der Waals surface area contributed by atoms with Crippen molar-refractivity contribution in [3.63, 3.8) is 0 Å². The third-order valence-electron chi connectivity index (χ3n) is 3.81. The number of benzene rings is 3. The summed E-state index contributed by atoms with van der Waals surface area (Å²) in [4.78, 5) is 11.8. The normalized spacial score (nSPS) is 10.9. The summed E-state index contributed by atoms with van der Waals surface area (Å²) in [7, 11) is 0. The molecule has 25 heavy (non-hydrogen) atoms. The van der Waals surface area contributed by atoms with Crippen molar-refractivity contribution in [1.82, 2.24) is 5.32 Å². The van der Waals surface area contributed by atoms with Crippen LogP contribution < -0.4 is 10.6 Å². The molecule has 3 aromatic carbocycles. The predicted molar refractivity (Wildman–Crippen MR) is 101 cm³/mol. The van der Waals surface area contributed by atoms with E-state index in [0.29, 0.717) is 18.7 Å². The Hall–Kier alpha value is -3.14. The van der Waals surface area contributed by atoms with Crippen LogP contribution in [0.15, 0.2) is 72.8 Å². The zero-order valence-electron chi connectivity index (χ0n) is 13.7. The van der Waals surface area contributed by atoms with Gasteiger partial charge in [0.2, 0.25) is 5.91 Å². The van der Waals surface area contributed by atoms with Crippen molar-refractivity contribution < 1.29 is 9.18 Å². The van der Waals surface area contributed by atoms with Gasteiger partial charge in [-0.05, 0) is 35.2 Å². The van der Waals surface area contributed by atoms with Gasteiger partial charge in [0.1, 0.15) is 5.82 Å². The number of carbonyl (C=O) groups is 1. The third kappa shape index (κ3) is 4.67. The largest absolute Gasteiger partial charge is 0.383 e. The van der Waals surface area contributed by atoms with Crippen LogP contribution in [0.2, 0.25) is 0 Å². The van der Waals surface area contributed by atoms with Crippen molar-refractivity contribution in [3.8, 4) is 0 Å². The van der Waals surface area contributed by atoms with Gasteiger partial charge in [-0.3, -0.25) is 4.79 Å². The number of fused-ring (bicyclic) bond motifs is 1. The maximum absolute atomic E-state index is 13.1. The van der Waals surface area contributed by atoms with Crippen LogP contribution in [0.3, 0.4) is 0 Å². The first-order valence-corrected chi connectivity index (χ1v) is 8.15. The maximum atomic E-state index is 13.1. The number of amides is 1. The summed E-state index contributed by atoms with van der Waals surface area (Å²) >= 11 is 0. The molecule has 0 atom stereocenters. The Bertz CT molecular complexity index is 900. The molecule has 0 saturated carbocycles. The standard InChI is InChI=1S/C21H19FN2O/c22-18-8-3-5-16(15-18)11-12-21(25)24-14-13-23-20-10-4-7-17-6-1-2-9-19(17)20/h1-12,15,23H,13-14H2,(H,24,25)/b12-11+. The van der Waals surface area contributed by atoms with Crippen LogP contribution in [0.1, 0.15) is 5.56 Å². The highest BCUT2D eigenvalue weighted by molar-refractivity contribution is 5.94. The van der Waals surface area contributed by atoms with Gasteiger partial charge < -0.3 is 10.6 Å². The van der Waals surface area contributed by atoms with Crippen molar-refractivity contribution in [1.29, 1.82) is 0 Å². The van der Waals surface area contributed by atoms with Crippen molar-refractivity contribution in [2.24, 2.45) is 0 Å². The molecule has 0 fully saturated rings. The number of halogens is 1. The zero-order valence-corrected chi connectivity index (χ0v) is 13.7. The van der Waals surface area contributed by atoms with Crippen LogP contribution in [0.4, 0.5) is 10.1 Å². The average Bonchev–Trinajstić information content (AvgIpc) is 2.64. The van der Waals surface area contributed by atoms with Crippen molar-refractivity contribution in [2.45, 2.75) is 0 Å². The van der Waals surface area contributed by atoms with Gasteiger partial charge in [0.05, 0.1) is 0 Å². The van der Waals surface area contributed by atoms with Gasteiger partial charge in [0, 0.05) is 30.2 Å². The molecule has 0 bridgehead atoms. The summed E-state index contributed by atoms with van der Waals surface area (Å²) in [5.74, 6) is -0.522. The lowest BCUT2D eigenvalue weighted by Crippen LogP contribution is -2.27. The van der Waals surface area contributed by atoms with E-state index >= 15 is 0 Å². The molecule has 0 aromatic heterocycles. The number of hydrogen-bond acceptors (Lipinski definition) is 2. The molecule has 2 N–H and O–H groups in total. The summed E-state index contributed by atoms with van der Waals surface area (Å²) < 4.78 is 13.1. The van der Waals surface area contributed by atoms with Crippen LogP contribution >= 0.6 is 0 Å². The molecule has 3 rings (SSSR count). The molecule has 0 aliphatic carbocycles. The second kappa shape index (κ2) is 8.11. The average molecular weight is 334 g/mol. The van der Waals surface area contributed by atoms with E-state index in [0.717, 1.165) is 11.1 Å². The summed E-state index contributed by atoms with van der Waals surface area (Å²) in [6.07, 6.45) is 3.00. The van der Waals surface area contributed by atoms with E-state index in [-0.39, 0.29) is 11.7 Å². The molecule has 0 unspecified atom stereocenters. The van der Waals surface area contributed by atoms with Gasteiger partial charge in [-0.15, -0.1) is 0 Å². The molecule has 0 aliphatic heterocycles. The first-order valence-electron chi connectivity index (χ1n) is 8.15. The van der Waals surface area contributed by atoms with Crippen LogP contribution in [0, 0.1) is 5.82 Å². The molecule has 0 radical (unpaired) electrons. The minimum absolute atomic E-state index is 0.205. The summed E-state index contributed by atoms with van der Waals surface area (Å²) in [6.45, 7) is 1.11. The lowest BCUT2D eigenvalue weighted by atomic mass is 10.1. The van der Waals surface area contributed by atoms with E-state index in [4.69, 9.17) is 0 Å². The molecule has 3 nitrogen and oxygen atoms in total. The Morgan fingerprint density at radius 2 is 1.76 bits per heavy atom. The van der Waals surface area contributed by atoms with Crippen molar-refractivity contribution >= 4 is 28.4 Å². The Morgan fingerprint density at radius 1 is 0.960 bits per heavy atom. The molecular weight excluding hydrogens is 315 g/mol. The molecule has 1 amide bonds. The molecule has 4 heteroatoms. The first-order chi connectivity index (χ1) is 12.2. The van der Waals surface area contributed by atoms with Gasteiger partial charge in [-0.1, -0.05) is 48.5 Å². The van der Waals surface area contributed by atoms with E-state index in [1.54, 1.807) is 18.2 Å². The number of anilines is 1. The minimum Gasteiger partial charge on any atom is -0.383 e. The molecule has 0 aliphatic rings. The topological polar surface area (TPSA) is 41.1 Å². The molecule has 0 saturated heterocycles. The Labute approximate surface area is 146 Å². The van der Waals surface area contributed by atoms with Crippen LogP contribution in [0.25, 0.3) is 16.8 Å². The molecule has 3 aromatic rings. The third-order valence-corrected chi connectivity index (χ3v) is 3.81. The lowest BCUT2D eigenvalue weighted by molar-refractivity contribution is -0.116. The second-order valence-corrected chi connectivity index (χ2v) is 5.63. The van der Waals surface area contributed by atoms with Crippen LogP contribution in [-0.4, -0.2) is 19.0 Å². The molecular formula is C21H19FN2O. The molecule has 0 heterocycles. The van der Waals surface area contributed by atoms with Gasteiger partial charge in [0.25, 0.3) is 0 Å². The Kier molecular flexibility index (Phi) is 5.42. The smallest absolute Gasteiger partial charge is 0.244 e. The number of nitrogens with one attached hydrogen (secondary N) is 2. The van der Waals surface area contributed by atoms with Crippen LogP contribution in [0.5, 0.6) is 0 Å². The number of carbonyl (C=O) groups excluding carboxylic acids is 1. The Morgan fingerprint density at radius 3 is 2.64 bits per heavy atom. The fraction of sp³-hybridized carbons (Fsp3) is 0.0952. The van der Waals surface area contributed by atoms with Gasteiger partial charge in [-0.25, -0.2) is 4.39 Å². The summed E-state index contributed by atoms with van der Waals surface area (Å²) in [5, 5.41) is 8.47. The number of rotatable bonds is 6. The fourth-order valence-corrected chi connectivity index (χ4v) is 2.60. The quantitative estimate of drug-likeness (QED) is 0.523. The fourth-order valence-electron chi connectivity index (χ4n) is 2.60. The van der Waals surface area contributed by atoms with E-state index in [1.165, 1.54) is 23.6 Å². The molecule has 126 valence electrons. The first kappa shape index (κ1) is 16.7. The Balaban J connectivity index is 1.49. The van der Waals surface area contributed by atoms with Gasteiger partial charge >= 0.3 is 0 Å². The summed E-state index contributed by atoms with van der Waals surface area (Å²) in [6, 6.07) is 20.4. The molecule has 0 spiro atoms. The monoisotopic (exact) mass is 334 g/mol. The lowest BCUT2D eigenvalue weighted by Gasteiger charge is -2.10.